The van der Waals surface area contributed by atoms with E-state index in [0.29, 0.717) is 12.4 Å². The number of ether oxygens (including phenoxy) is 5. The monoisotopic (exact) mass is 336 g/mol. The summed E-state index contributed by atoms with van der Waals surface area (Å²) in [7, 11) is 0. The maximum Gasteiger partial charge on any atom is 0.170 e. The van der Waals surface area contributed by atoms with E-state index in [0.717, 1.165) is 25.7 Å². The first kappa shape index (κ1) is 15.6. The largest absolute Gasteiger partial charge is 0.487 e. The van der Waals surface area contributed by atoms with E-state index in [-0.39, 0.29) is 30.2 Å². The molecule has 2 spiro atoms. The molecule has 4 atom stereocenters. The molecular formula is C19H28O5. The minimum absolute atomic E-state index is 0.0859. The predicted molar refractivity (Wildman–Crippen MR) is 86.2 cm³/mol. The average Bonchev–Trinajstić information content (AvgIpc) is 3.24. The summed E-state index contributed by atoms with van der Waals surface area (Å²) in [6, 6.07) is 0. The Hall–Kier alpha value is -0.620. The fourth-order valence-corrected chi connectivity index (χ4v) is 5.14. The maximum absolute atomic E-state index is 6.44. The zero-order valence-corrected chi connectivity index (χ0v) is 14.3. The van der Waals surface area contributed by atoms with Gasteiger partial charge in [-0.2, -0.15) is 0 Å². The van der Waals surface area contributed by atoms with Crippen LogP contribution in [0.15, 0.2) is 12.3 Å². The van der Waals surface area contributed by atoms with Crippen molar-refractivity contribution >= 4 is 0 Å². The minimum Gasteiger partial charge on any atom is -0.487 e. The van der Waals surface area contributed by atoms with Crippen LogP contribution < -0.4 is 0 Å². The zero-order valence-electron chi connectivity index (χ0n) is 14.3. The molecule has 5 aliphatic rings. The van der Waals surface area contributed by atoms with Gasteiger partial charge in [0.1, 0.15) is 24.1 Å². The average molecular weight is 336 g/mol. The summed E-state index contributed by atoms with van der Waals surface area (Å²) >= 11 is 0. The summed E-state index contributed by atoms with van der Waals surface area (Å²) in [5.41, 5.74) is 0. The van der Waals surface area contributed by atoms with Crippen LogP contribution in [0.4, 0.5) is 0 Å². The highest BCUT2D eigenvalue weighted by Crippen LogP contribution is 2.49. The van der Waals surface area contributed by atoms with E-state index in [2.05, 4.69) is 6.58 Å². The molecule has 0 aromatic heterocycles. The van der Waals surface area contributed by atoms with Crippen molar-refractivity contribution < 1.29 is 23.7 Å². The van der Waals surface area contributed by atoms with Gasteiger partial charge in [0.25, 0.3) is 0 Å². The second-order valence-electron chi connectivity index (χ2n) is 8.08. The number of hydrogen-bond donors (Lipinski definition) is 0. The third-order valence-corrected chi connectivity index (χ3v) is 6.39. The van der Waals surface area contributed by atoms with E-state index >= 15 is 0 Å². The molecule has 2 aliphatic carbocycles. The molecule has 0 N–H and O–H groups in total. The van der Waals surface area contributed by atoms with E-state index in [4.69, 9.17) is 23.7 Å². The molecule has 0 aromatic rings. The Kier molecular flexibility index (Phi) is 3.71. The first-order valence-corrected chi connectivity index (χ1v) is 9.72. The smallest absolute Gasteiger partial charge is 0.170 e. The van der Waals surface area contributed by atoms with E-state index in [1.54, 1.807) is 0 Å². The molecule has 3 heterocycles. The topological polar surface area (TPSA) is 46.2 Å². The van der Waals surface area contributed by atoms with Crippen LogP contribution in [-0.4, -0.2) is 42.6 Å². The lowest BCUT2D eigenvalue weighted by atomic mass is 9.94. The van der Waals surface area contributed by atoms with Gasteiger partial charge in [-0.25, -0.2) is 0 Å². The van der Waals surface area contributed by atoms with Crippen molar-refractivity contribution in [3.05, 3.63) is 12.3 Å². The van der Waals surface area contributed by atoms with Crippen LogP contribution in [0.25, 0.3) is 0 Å². The molecule has 3 saturated heterocycles. The second-order valence-corrected chi connectivity index (χ2v) is 8.08. The van der Waals surface area contributed by atoms with Gasteiger partial charge in [0.05, 0.1) is 6.61 Å². The molecule has 0 unspecified atom stereocenters. The summed E-state index contributed by atoms with van der Waals surface area (Å²) in [6.07, 6.45) is 10.7. The lowest BCUT2D eigenvalue weighted by Gasteiger charge is -2.34. The van der Waals surface area contributed by atoms with Gasteiger partial charge in [-0.05, 0) is 25.7 Å². The first-order valence-electron chi connectivity index (χ1n) is 9.72. The lowest BCUT2D eigenvalue weighted by molar-refractivity contribution is -0.224. The van der Waals surface area contributed by atoms with Gasteiger partial charge < -0.3 is 23.7 Å². The quantitative estimate of drug-likeness (QED) is 0.734. The van der Waals surface area contributed by atoms with Crippen molar-refractivity contribution in [2.45, 2.75) is 100 Å². The highest BCUT2D eigenvalue weighted by atomic mass is 16.8. The van der Waals surface area contributed by atoms with E-state index in [1.807, 2.05) is 0 Å². The SMILES string of the molecule is C=C1O[C@H]([C@H]2COC3(CCCCC3)O2)[C@@H]2OC3(CCCCC3)O[C@H]12. The van der Waals surface area contributed by atoms with Crippen molar-refractivity contribution in [3.63, 3.8) is 0 Å². The highest BCUT2D eigenvalue weighted by Gasteiger charge is 2.60. The van der Waals surface area contributed by atoms with Crippen molar-refractivity contribution in [2.75, 3.05) is 6.61 Å². The Bertz CT molecular complexity index is 506. The van der Waals surface area contributed by atoms with Gasteiger partial charge in [-0.3, -0.25) is 0 Å². The third-order valence-electron chi connectivity index (χ3n) is 6.39. The number of rotatable bonds is 1. The molecule has 5 nitrogen and oxygen atoms in total. The first-order chi connectivity index (χ1) is 11.7. The fraction of sp³-hybridized carbons (Fsp3) is 0.895. The molecule has 3 aliphatic heterocycles. The second kappa shape index (κ2) is 5.70. The molecule has 0 aromatic carbocycles. The molecule has 5 rings (SSSR count). The van der Waals surface area contributed by atoms with Crippen LogP contribution in [0.5, 0.6) is 0 Å². The molecule has 24 heavy (non-hydrogen) atoms. The van der Waals surface area contributed by atoms with E-state index in [9.17, 15) is 0 Å². The van der Waals surface area contributed by atoms with Gasteiger partial charge >= 0.3 is 0 Å². The standard InChI is InChI=1S/C19H28O5/c1-13-15-17(24-19(23-15)10-6-3-7-11-19)16(21-13)14-12-20-18(22-14)8-4-2-5-9-18/h14-17H,1-12H2/t14-,15-,16-,17-/m1/s1. The summed E-state index contributed by atoms with van der Waals surface area (Å²) in [6.45, 7) is 4.66. The van der Waals surface area contributed by atoms with Crippen LogP contribution in [0.2, 0.25) is 0 Å². The summed E-state index contributed by atoms with van der Waals surface area (Å²) < 4.78 is 31.3. The van der Waals surface area contributed by atoms with Crippen molar-refractivity contribution in [1.82, 2.24) is 0 Å². The van der Waals surface area contributed by atoms with Gasteiger partial charge in [-0.15, -0.1) is 0 Å². The molecule has 0 radical (unpaired) electrons. The van der Waals surface area contributed by atoms with Crippen LogP contribution in [-0.2, 0) is 23.7 Å². The molecule has 2 saturated carbocycles. The third kappa shape index (κ3) is 2.44. The summed E-state index contributed by atoms with van der Waals surface area (Å²) in [4.78, 5) is 0. The molecule has 5 fully saturated rings. The minimum atomic E-state index is -0.416. The molecule has 0 amide bonds. The Labute approximate surface area is 143 Å². The Balaban J connectivity index is 1.31. The van der Waals surface area contributed by atoms with Gasteiger partial charge in [0, 0.05) is 25.7 Å². The molecule has 5 heteroatoms. The fourth-order valence-electron chi connectivity index (χ4n) is 5.14. The van der Waals surface area contributed by atoms with Crippen LogP contribution >= 0.6 is 0 Å². The van der Waals surface area contributed by atoms with E-state index < -0.39 is 5.79 Å². The molecule has 134 valence electrons. The predicted octanol–water partition coefficient (Wildman–Crippen LogP) is 3.42. The number of hydrogen-bond acceptors (Lipinski definition) is 5. The summed E-state index contributed by atoms with van der Waals surface area (Å²) in [5.74, 6) is -0.102. The van der Waals surface area contributed by atoms with Gasteiger partial charge in [0.15, 0.2) is 17.7 Å². The number of fused-ring (bicyclic) bond motifs is 1. The van der Waals surface area contributed by atoms with Gasteiger partial charge in [-0.1, -0.05) is 19.4 Å². The Morgan fingerprint density at radius 3 is 2.12 bits per heavy atom. The maximum atomic E-state index is 6.44. The van der Waals surface area contributed by atoms with Crippen molar-refractivity contribution in [3.8, 4) is 0 Å². The molecular weight excluding hydrogens is 308 g/mol. The van der Waals surface area contributed by atoms with Crippen LogP contribution in [0.1, 0.15) is 64.2 Å². The van der Waals surface area contributed by atoms with Crippen molar-refractivity contribution in [1.29, 1.82) is 0 Å². The summed E-state index contributed by atoms with van der Waals surface area (Å²) in [5, 5.41) is 0. The normalized spacial score (nSPS) is 43.2. The van der Waals surface area contributed by atoms with Crippen molar-refractivity contribution in [2.24, 2.45) is 0 Å². The highest BCUT2D eigenvalue weighted by molar-refractivity contribution is 5.13. The van der Waals surface area contributed by atoms with Gasteiger partial charge in [0.2, 0.25) is 0 Å². The Morgan fingerprint density at radius 2 is 1.42 bits per heavy atom. The Morgan fingerprint density at radius 1 is 0.750 bits per heavy atom. The van der Waals surface area contributed by atoms with Crippen LogP contribution in [0.3, 0.4) is 0 Å². The molecule has 0 bridgehead atoms. The lowest BCUT2D eigenvalue weighted by Crippen LogP contribution is -2.43. The van der Waals surface area contributed by atoms with E-state index in [1.165, 1.54) is 38.5 Å². The van der Waals surface area contributed by atoms with Crippen LogP contribution in [0, 0.1) is 0 Å². The zero-order chi connectivity index (χ0) is 16.2.